The predicted octanol–water partition coefficient (Wildman–Crippen LogP) is 3.60. The molecule has 130 valence electrons. The van der Waals surface area contributed by atoms with Crippen LogP contribution in [0.25, 0.3) is 10.2 Å². The summed E-state index contributed by atoms with van der Waals surface area (Å²) in [6, 6.07) is 3.63. The normalized spacial score (nSPS) is 14.8. The van der Waals surface area contributed by atoms with Gasteiger partial charge in [0.1, 0.15) is 10.7 Å². The Morgan fingerprint density at radius 2 is 2.16 bits per heavy atom. The van der Waals surface area contributed by atoms with Gasteiger partial charge in [-0.05, 0) is 49.4 Å². The van der Waals surface area contributed by atoms with E-state index in [2.05, 4.69) is 15.3 Å². The van der Waals surface area contributed by atoms with E-state index in [-0.39, 0.29) is 11.6 Å². The summed E-state index contributed by atoms with van der Waals surface area (Å²) in [6.07, 6.45) is 3.08. The van der Waals surface area contributed by atoms with Gasteiger partial charge < -0.3 is 10.3 Å². The van der Waals surface area contributed by atoms with E-state index in [1.807, 2.05) is 6.92 Å². The Morgan fingerprint density at radius 1 is 1.32 bits per heavy atom. The average Bonchev–Trinajstić information content (AvgIpc) is 3.15. The third-order valence-corrected chi connectivity index (χ3v) is 5.83. The Labute approximate surface area is 146 Å². The Morgan fingerprint density at radius 3 is 2.96 bits per heavy atom. The molecule has 4 rings (SSSR count). The molecule has 0 radical (unpaired) electrons. The number of nitrogens with zero attached hydrogens (tertiary/aromatic N) is 1. The van der Waals surface area contributed by atoms with Crippen molar-refractivity contribution in [3.8, 4) is 0 Å². The molecule has 2 N–H and O–H groups in total. The van der Waals surface area contributed by atoms with Crippen LogP contribution in [0.2, 0.25) is 0 Å². The van der Waals surface area contributed by atoms with Crippen LogP contribution in [0.15, 0.2) is 23.0 Å². The van der Waals surface area contributed by atoms with Gasteiger partial charge in [-0.3, -0.25) is 4.79 Å². The number of rotatable bonds is 4. The van der Waals surface area contributed by atoms with E-state index in [0.29, 0.717) is 17.9 Å². The first kappa shape index (κ1) is 16.4. The topological polar surface area (TPSA) is 57.8 Å². The molecule has 0 saturated carbocycles. The van der Waals surface area contributed by atoms with Gasteiger partial charge in [0.15, 0.2) is 11.6 Å². The summed E-state index contributed by atoms with van der Waals surface area (Å²) in [6.45, 7) is 2.19. The maximum Gasteiger partial charge on any atom is 0.259 e. The summed E-state index contributed by atoms with van der Waals surface area (Å²) < 4.78 is 26.4. The SMILES string of the molecule is CC(NCc1nc2sc3c(c2c(=O)[nH]1)CCC3)c1ccc(F)c(F)c1. The van der Waals surface area contributed by atoms with Crippen LogP contribution >= 0.6 is 11.3 Å². The zero-order valence-corrected chi connectivity index (χ0v) is 14.5. The minimum absolute atomic E-state index is 0.0957. The van der Waals surface area contributed by atoms with Crippen molar-refractivity contribution < 1.29 is 8.78 Å². The summed E-state index contributed by atoms with van der Waals surface area (Å²) in [4.78, 5) is 21.9. The highest BCUT2D eigenvalue weighted by atomic mass is 32.1. The minimum atomic E-state index is -0.868. The van der Waals surface area contributed by atoms with Crippen molar-refractivity contribution in [3.05, 3.63) is 62.0 Å². The molecule has 4 nitrogen and oxygen atoms in total. The summed E-state index contributed by atoms with van der Waals surface area (Å²) >= 11 is 1.60. The van der Waals surface area contributed by atoms with Crippen molar-refractivity contribution in [1.29, 1.82) is 0 Å². The second-order valence-electron chi connectivity index (χ2n) is 6.33. The lowest BCUT2D eigenvalue weighted by Gasteiger charge is -2.14. The Hall–Kier alpha value is -2.12. The third kappa shape index (κ3) is 2.98. The molecule has 7 heteroatoms. The van der Waals surface area contributed by atoms with Crippen molar-refractivity contribution in [2.75, 3.05) is 0 Å². The Balaban J connectivity index is 1.55. The summed E-state index contributed by atoms with van der Waals surface area (Å²) in [5.74, 6) is -1.18. The first-order valence-corrected chi connectivity index (χ1v) is 9.06. The Kier molecular flexibility index (Phi) is 4.13. The van der Waals surface area contributed by atoms with Gasteiger partial charge in [0, 0.05) is 10.9 Å². The maximum absolute atomic E-state index is 13.3. The molecule has 1 unspecified atom stereocenters. The van der Waals surface area contributed by atoms with Gasteiger partial charge in [-0.1, -0.05) is 6.07 Å². The number of hydrogen-bond donors (Lipinski definition) is 2. The minimum Gasteiger partial charge on any atom is -0.309 e. The van der Waals surface area contributed by atoms with Crippen molar-refractivity contribution in [3.63, 3.8) is 0 Å². The molecular formula is C18H17F2N3OS. The molecule has 0 amide bonds. The fraction of sp³-hybridized carbons (Fsp3) is 0.333. The number of halogens is 2. The van der Waals surface area contributed by atoms with Crippen LogP contribution in [-0.2, 0) is 19.4 Å². The molecular weight excluding hydrogens is 344 g/mol. The lowest BCUT2D eigenvalue weighted by Crippen LogP contribution is -2.22. The van der Waals surface area contributed by atoms with Crippen molar-refractivity contribution in [1.82, 2.24) is 15.3 Å². The molecule has 1 atom stereocenters. The van der Waals surface area contributed by atoms with Crippen LogP contribution in [0.3, 0.4) is 0 Å². The molecule has 1 aliphatic rings. The van der Waals surface area contributed by atoms with E-state index in [1.165, 1.54) is 10.9 Å². The molecule has 0 bridgehead atoms. The molecule has 0 spiro atoms. The highest BCUT2D eigenvalue weighted by Gasteiger charge is 2.21. The summed E-state index contributed by atoms with van der Waals surface area (Å²) in [7, 11) is 0. The van der Waals surface area contributed by atoms with E-state index in [0.717, 1.165) is 41.1 Å². The molecule has 1 aliphatic carbocycles. The fourth-order valence-electron chi connectivity index (χ4n) is 3.28. The first-order valence-electron chi connectivity index (χ1n) is 8.24. The predicted molar refractivity (Wildman–Crippen MR) is 93.9 cm³/mol. The smallest absolute Gasteiger partial charge is 0.259 e. The lowest BCUT2D eigenvalue weighted by molar-refractivity contribution is 0.499. The highest BCUT2D eigenvalue weighted by molar-refractivity contribution is 7.18. The fourth-order valence-corrected chi connectivity index (χ4v) is 4.56. The average molecular weight is 361 g/mol. The highest BCUT2D eigenvalue weighted by Crippen LogP contribution is 2.34. The monoisotopic (exact) mass is 361 g/mol. The molecule has 2 heterocycles. The number of aryl methyl sites for hydroxylation is 2. The summed E-state index contributed by atoms with van der Waals surface area (Å²) in [5.41, 5.74) is 1.70. The van der Waals surface area contributed by atoms with E-state index in [9.17, 15) is 13.6 Å². The molecule has 3 aromatic rings. The number of hydrogen-bond acceptors (Lipinski definition) is 4. The van der Waals surface area contributed by atoms with Gasteiger partial charge >= 0.3 is 0 Å². The van der Waals surface area contributed by atoms with Gasteiger partial charge in [-0.2, -0.15) is 0 Å². The maximum atomic E-state index is 13.3. The van der Waals surface area contributed by atoms with Crippen LogP contribution in [0.5, 0.6) is 0 Å². The van der Waals surface area contributed by atoms with Crippen LogP contribution < -0.4 is 10.9 Å². The zero-order valence-electron chi connectivity index (χ0n) is 13.7. The second-order valence-corrected chi connectivity index (χ2v) is 7.41. The van der Waals surface area contributed by atoms with Gasteiger partial charge in [0.05, 0.1) is 11.9 Å². The lowest BCUT2D eigenvalue weighted by atomic mass is 10.1. The van der Waals surface area contributed by atoms with E-state index in [1.54, 1.807) is 17.4 Å². The molecule has 25 heavy (non-hydrogen) atoms. The number of aromatic amines is 1. The number of aromatic nitrogens is 2. The standard InChI is InChI=1S/C18H17F2N3OS/c1-9(10-5-6-12(19)13(20)7-10)21-8-15-22-17(24)16-11-3-2-4-14(11)25-18(16)23-15/h5-7,9,21H,2-4,8H2,1H3,(H,22,23,24). The number of nitrogens with one attached hydrogen (secondary N) is 2. The third-order valence-electron chi connectivity index (χ3n) is 4.64. The van der Waals surface area contributed by atoms with Gasteiger partial charge in [0.25, 0.3) is 5.56 Å². The zero-order chi connectivity index (χ0) is 17.6. The van der Waals surface area contributed by atoms with E-state index in [4.69, 9.17) is 0 Å². The summed E-state index contributed by atoms with van der Waals surface area (Å²) in [5, 5.41) is 3.92. The number of thiophene rings is 1. The Bertz CT molecular complexity index is 1010. The molecule has 1 aromatic carbocycles. The number of fused-ring (bicyclic) bond motifs is 3. The molecule has 2 aromatic heterocycles. The van der Waals surface area contributed by atoms with Crippen molar-refractivity contribution >= 4 is 21.6 Å². The van der Waals surface area contributed by atoms with Gasteiger partial charge in [0.2, 0.25) is 0 Å². The number of H-pyrrole nitrogens is 1. The van der Waals surface area contributed by atoms with Gasteiger partial charge in [-0.15, -0.1) is 11.3 Å². The molecule has 0 saturated heterocycles. The van der Waals surface area contributed by atoms with Crippen LogP contribution in [0, 0.1) is 11.6 Å². The van der Waals surface area contributed by atoms with Crippen molar-refractivity contribution in [2.24, 2.45) is 0 Å². The molecule has 0 aliphatic heterocycles. The van der Waals surface area contributed by atoms with Crippen LogP contribution in [0.4, 0.5) is 8.78 Å². The second kappa shape index (κ2) is 6.31. The quantitative estimate of drug-likeness (QED) is 0.746. The van der Waals surface area contributed by atoms with E-state index >= 15 is 0 Å². The van der Waals surface area contributed by atoms with Crippen LogP contribution in [0.1, 0.15) is 41.2 Å². The van der Waals surface area contributed by atoms with Crippen LogP contribution in [-0.4, -0.2) is 9.97 Å². The van der Waals surface area contributed by atoms with Crippen molar-refractivity contribution in [2.45, 2.75) is 38.8 Å². The largest absolute Gasteiger partial charge is 0.309 e. The van der Waals surface area contributed by atoms with Gasteiger partial charge in [-0.25, -0.2) is 13.8 Å². The van der Waals surface area contributed by atoms with E-state index < -0.39 is 11.6 Å². The molecule has 0 fully saturated rings. The first-order chi connectivity index (χ1) is 12.0. The number of benzene rings is 1.